The third-order valence-corrected chi connectivity index (χ3v) is 4.90. The Kier molecular flexibility index (Phi) is 5.53. The molecule has 5 nitrogen and oxygen atoms in total. The summed E-state index contributed by atoms with van der Waals surface area (Å²) >= 11 is 1.65. The highest BCUT2D eigenvalue weighted by Gasteiger charge is 2.22. The molecule has 132 valence electrons. The summed E-state index contributed by atoms with van der Waals surface area (Å²) in [7, 11) is 5.63. The number of hydrogen-bond donors (Lipinski definition) is 1. The Morgan fingerprint density at radius 3 is 2.80 bits per heavy atom. The molecule has 0 radical (unpaired) electrons. The van der Waals surface area contributed by atoms with Gasteiger partial charge in [-0.3, -0.25) is 4.79 Å². The van der Waals surface area contributed by atoms with Gasteiger partial charge in [0.2, 0.25) is 0 Å². The molecule has 2 aromatic heterocycles. The highest BCUT2D eigenvalue weighted by molar-refractivity contribution is 7.07. The number of amides is 1. The van der Waals surface area contributed by atoms with Crippen LogP contribution >= 0.6 is 11.3 Å². The zero-order chi connectivity index (χ0) is 17.8. The highest BCUT2D eigenvalue weighted by Crippen LogP contribution is 2.27. The van der Waals surface area contributed by atoms with Gasteiger partial charge >= 0.3 is 0 Å². The number of benzene rings is 1. The lowest BCUT2D eigenvalue weighted by atomic mass is 10.1. The van der Waals surface area contributed by atoms with Crippen molar-refractivity contribution in [2.45, 2.75) is 12.6 Å². The van der Waals surface area contributed by atoms with Crippen LogP contribution in [0.3, 0.4) is 0 Å². The Labute approximate surface area is 151 Å². The van der Waals surface area contributed by atoms with Gasteiger partial charge < -0.3 is 19.4 Å². The van der Waals surface area contributed by atoms with Gasteiger partial charge in [0.05, 0.1) is 12.6 Å². The van der Waals surface area contributed by atoms with Gasteiger partial charge in [-0.25, -0.2) is 0 Å². The number of furan rings is 1. The van der Waals surface area contributed by atoms with Crippen molar-refractivity contribution in [2.24, 2.45) is 0 Å². The number of ether oxygens (including phenoxy) is 1. The monoisotopic (exact) mass is 358 g/mol. The summed E-state index contributed by atoms with van der Waals surface area (Å²) in [5.41, 5.74) is 2.67. The quantitative estimate of drug-likeness (QED) is 0.700. The van der Waals surface area contributed by atoms with E-state index in [0.717, 1.165) is 10.9 Å². The van der Waals surface area contributed by atoms with Crippen molar-refractivity contribution < 1.29 is 13.9 Å². The molecule has 6 heteroatoms. The minimum absolute atomic E-state index is 0.116. The number of carbonyl (C=O) groups excluding carboxylic acids is 1. The summed E-state index contributed by atoms with van der Waals surface area (Å²) in [5.74, 6) is 0.108. The summed E-state index contributed by atoms with van der Waals surface area (Å²) in [6.07, 6.45) is 0. The number of fused-ring (bicyclic) bond motifs is 1. The Hall–Kier alpha value is -2.15. The van der Waals surface area contributed by atoms with Crippen LogP contribution in [0.4, 0.5) is 0 Å². The Morgan fingerprint density at radius 2 is 2.12 bits per heavy atom. The summed E-state index contributed by atoms with van der Waals surface area (Å²) in [5, 5.41) is 8.07. The van der Waals surface area contributed by atoms with E-state index >= 15 is 0 Å². The second-order valence-electron chi connectivity index (χ2n) is 6.09. The minimum atomic E-state index is -0.217. The Morgan fingerprint density at radius 1 is 1.32 bits per heavy atom. The molecule has 0 saturated carbocycles. The molecular formula is C19H22N2O3S. The van der Waals surface area contributed by atoms with Crippen LogP contribution in [0.5, 0.6) is 0 Å². The van der Waals surface area contributed by atoms with E-state index in [0.29, 0.717) is 24.5 Å². The van der Waals surface area contributed by atoms with Crippen LogP contribution in [0.2, 0.25) is 0 Å². The Balaban J connectivity index is 1.81. The van der Waals surface area contributed by atoms with Gasteiger partial charge in [0.25, 0.3) is 5.91 Å². The molecule has 3 rings (SSSR count). The number of nitrogens with one attached hydrogen (secondary N) is 1. The van der Waals surface area contributed by atoms with E-state index in [1.165, 1.54) is 5.56 Å². The summed E-state index contributed by atoms with van der Waals surface area (Å²) in [4.78, 5) is 14.8. The molecule has 3 aromatic rings. The fourth-order valence-electron chi connectivity index (χ4n) is 2.90. The third-order valence-electron chi connectivity index (χ3n) is 4.20. The molecule has 0 bridgehead atoms. The first-order valence-corrected chi connectivity index (χ1v) is 9.02. The number of thiophene rings is 1. The van der Waals surface area contributed by atoms with Crippen molar-refractivity contribution in [1.82, 2.24) is 10.2 Å². The molecule has 25 heavy (non-hydrogen) atoms. The molecule has 0 saturated heterocycles. The maximum atomic E-state index is 12.7. The van der Waals surface area contributed by atoms with Crippen LogP contribution in [0.15, 0.2) is 45.5 Å². The number of nitrogens with zero attached hydrogens (tertiary/aromatic N) is 1. The lowest BCUT2D eigenvalue weighted by Crippen LogP contribution is -2.34. The van der Waals surface area contributed by atoms with Crippen molar-refractivity contribution in [1.29, 1.82) is 0 Å². The van der Waals surface area contributed by atoms with E-state index in [1.54, 1.807) is 18.4 Å². The van der Waals surface area contributed by atoms with E-state index in [4.69, 9.17) is 9.15 Å². The predicted molar refractivity (Wildman–Crippen MR) is 100 cm³/mol. The fourth-order valence-corrected chi connectivity index (χ4v) is 3.61. The molecule has 1 atom stereocenters. The number of rotatable bonds is 7. The smallest absolute Gasteiger partial charge is 0.287 e. The van der Waals surface area contributed by atoms with Crippen molar-refractivity contribution in [3.8, 4) is 0 Å². The number of para-hydroxylation sites is 1. The SMILES string of the molecule is COCc1c(C(=O)NCC(c2ccsc2)N(C)C)oc2ccccc12. The summed E-state index contributed by atoms with van der Waals surface area (Å²) < 4.78 is 11.1. The highest BCUT2D eigenvalue weighted by atomic mass is 32.1. The molecule has 0 aliphatic rings. The number of methoxy groups -OCH3 is 1. The van der Waals surface area contributed by atoms with Gasteiger partial charge in [-0.05, 0) is 42.6 Å². The average molecular weight is 358 g/mol. The first-order valence-electron chi connectivity index (χ1n) is 8.08. The van der Waals surface area contributed by atoms with Crippen molar-refractivity contribution >= 4 is 28.2 Å². The van der Waals surface area contributed by atoms with Gasteiger partial charge in [-0.15, -0.1) is 0 Å². The predicted octanol–water partition coefficient (Wildman–Crippen LogP) is 3.67. The lowest BCUT2D eigenvalue weighted by Gasteiger charge is -2.23. The van der Waals surface area contributed by atoms with Gasteiger partial charge in [-0.2, -0.15) is 11.3 Å². The van der Waals surface area contributed by atoms with Crippen LogP contribution in [-0.4, -0.2) is 38.6 Å². The number of likely N-dealkylation sites (N-methyl/N-ethyl adjacent to an activating group) is 1. The van der Waals surface area contributed by atoms with Crippen LogP contribution < -0.4 is 5.32 Å². The van der Waals surface area contributed by atoms with E-state index in [1.807, 2.05) is 43.7 Å². The van der Waals surface area contributed by atoms with E-state index in [9.17, 15) is 4.79 Å². The zero-order valence-electron chi connectivity index (χ0n) is 14.6. The van der Waals surface area contributed by atoms with Gasteiger partial charge in [0.15, 0.2) is 5.76 Å². The summed E-state index contributed by atoms with van der Waals surface area (Å²) in [6.45, 7) is 0.841. The molecule has 0 aliphatic heterocycles. The van der Waals surface area contributed by atoms with Gasteiger partial charge in [-0.1, -0.05) is 18.2 Å². The van der Waals surface area contributed by atoms with E-state index in [2.05, 4.69) is 21.7 Å². The third kappa shape index (κ3) is 3.76. The number of hydrogen-bond acceptors (Lipinski definition) is 5. The topological polar surface area (TPSA) is 54.7 Å². The second kappa shape index (κ2) is 7.82. The molecular weight excluding hydrogens is 336 g/mol. The maximum absolute atomic E-state index is 12.7. The summed E-state index contributed by atoms with van der Waals surface area (Å²) in [6, 6.07) is 9.82. The lowest BCUT2D eigenvalue weighted by molar-refractivity contribution is 0.0909. The largest absolute Gasteiger partial charge is 0.451 e. The minimum Gasteiger partial charge on any atom is -0.451 e. The van der Waals surface area contributed by atoms with Crippen molar-refractivity contribution in [3.05, 3.63) is 58.0 Å². The molecule has 0 fully saturated rings. The maximum Gasteiger partial charge on any atom is 0.287 e. The van der Waals surface area contributed by atoms with Crippen molar-refractivity contribution in [2.75, 3.05) is 27.7 Å². The second-order valence-corrected chi connectivity index (χ2v) is 6.87. The van der Waals surface area contributed by atoms with Crippen LogP contribution in [0, 0.1) is 0 Å². The average Bonchev–Trinajstić information content (AvgIpc) is 3.24. The number of carbonyl (C=O) groups is 1. The normalized spacial score (nSPS) is 12.6. The molecule has 1 unspecified atom stereocenters. The standard InChI is InChI=1S/C19H22N2O3S/c1-21(2)16(13-8-9-25-12-13)10-20-19(22)18-15(11-23-3)14-6-4-5-7-17(14)24-18/h4-9,12,16H,10-11H2,1-3H3,(H,20,22). The molecule has 0 spiro atoms. The van der Waals surface area contributed by atoms with E-state index in [-0.39, 0.29) is 11.9 Å². The van der Waals surface area contributed by atoms with Crippen LogP contribution in [-0.2, 0) is 11.3 Å². The van der Waals surface area contributed by atoms with Crippen LogP contribution in [0.1, 0.15) is 27.7 Å². The van der Waals surface area contributed by atoms with Gasteiger partial charge in [0, 0.05) is 24.6 Å². The molecule has 1 aromatic carbocycles. The fraction of sp³-hybridized carbons (Fsp3) is 0.316. The van der Waals surface area contributed by atoms with Gasteiger partial charge in [0.1, 0.15) is 5.58 Å². The Bertz CT molecular complexity index is 840. The molecule has 0 aliphatic carbocycles. The van der Waals surface area contributed by atoms with Crippen molar-refractivity contribution in [3.63, 3.8) is 0 Å². The first kappa shape index (κ1) is 17.7. The zero-order valence-corrected chi connectivity index (χ0v) is 15.4. The molecule has 1 N–H and O–H groups in total. The van der Waals surface area contributed by atoms with Crippen LogP contribution in [0.25, 0.3) is 11.0 Å². The molecule has 2 heterocycles. The van der Waals surface area contributed by atoms with E-state index < -0.39 is 0 Å². The first-order chi connectivity index (χ1) is 12.1. The molecule has 1 amide bonds.